The summed E-state index contributed by atoms with van der Waals surface area (Å²) >= 11 is 0. The number of carbonyl (C=O) groups is 1. The molecule has 0 amide bonds. The summed E-state index contributed by atoms with van der Waals surface area (Å²) < 4.78 is 16.1. The van der Waals surface area contributed by atoms with Crippen LogP contribution in [-0.4, -0.2) is 38.0 Å². The van der Waals surface area contributed by atoms with Gasteiger partial charge in [0.05, 0.1) is 33.0 Å². The molecule has 0 saturated heterocycles. The number of benzene rings is 2. The molecule has 6 nitrogen and oxygen atoms in total. The van der Waals surface area contributed by atoms with E-state index in [4.69, 9.17) is 14.2 Å². The lowest BCUT2D eigenvalue weighted by molar-refractivity contribution is -0.143. The minimum absolute atomic E-state index is 0.0241. The predicted molar refractivity (Wildman–Crippen MR) is 103 cm³/mol. The van der Waals surface area contributed by atoms with Gasteiger partial charge in [-0.3, -0.25) is 5.32 Å². The van der Waals surface area contributed by atoms with Gasteiger partial charge in [0.1, 0.15) is 17.5 Å². The number of hydrogen-bond donors (Lipinski definition) is 2. The third kappa shape index (κ3) is 5.70. The fourth-order valence-corrected chi connectivity index (χ4v) is 2.78. The van der Waals surface area contributed by atoms with Crippen molar-refractivity contribution < 1.29 is 24.1 Å². The van der Waals surface area contributed by atoms with Gasteiger partial charge in [0.25, 0.3) is 0 Å². The van der Waals surface area contributed by atoms with Gasteiger partial charge in [-0.25, -0.2) is 4.79 Å². The van der Waals surface area contributed by atoms with E-state index < -0.39 is 18.1 Å². The Bertz CT molecular complexity index is 733. The lowest BCUT2D eigenvalue weighted by Gasteiger charge is -2.24. The van der Waals surface area contributed by atoms with E-state index in [2.05, 4.69) is 5.32 Å². The highest BCUT2D eigenvalue weighted by Crippen LogP contribution is 2.29. The van der Waals surface area contributed by atoms with E-state index in [0.717, 1.165) is 5.56 Å². The van der Waals surface area contributed by atoms with Crippen molar-refractivity contribution in [3.8, 4) is 11.5 Å². The lowest BCUT2D eigenvalue weighted by Crippen LogP contribution is -2.34. The normalized spacial score (nSPS) is 13.1. The molecule has 6 heteroatoms. The zero-order valence-corrected chi connectivity index (χ0v) is 16.1. The topological polar surface area (TPSA) is 77.0 Å². The first-order chi connectivity index (χ1) is 13.0. The molecule has 2 aromatic rings. The van der Waals surface area contributed by atoms with Crippen LogP contribution in [0.1, 0.15) is 37.1 Å². The monoisotopic (exact) mass is 373 g/mol. The molecule has 2 N–H and O–H groups in total. The van der Waals surface area contributed by atoms with Crippen molar-refractivity contribution in [1.29, 1.82) is 0 Å². The molecule has 2 aromatic carbocycles. The van der Waals surface area contributed by atoms with Gasteiger partial charge in [0, 0.05) is 6.07 Å². The largest absolute Gasteiger partial charge is 0.497 e. The molecule has 2 rings (SSSR count). The Balaban J connectivity index is 2.39. The van der Waals surface area contributed by atoms with Crippen molar-refractivity contribution in [2.45, 2.75) is 32.0 Å². The first kappa shape index (κ1) is 20.7. The second-order valence-corrected chi connectivity index (χ2v) is 6.38. The molecule has 0 bridgehead atoms. The lowest BCUT2D eigenvalue weighted by atomic mass is 10.0. The second-order valence-electron chi connectivity index (χ2n) is 6.38. The van der Waals surface area contributed by atoms with E-state index in [-0.39, 0.29) is 12.7 Å². The fourth-order valence-electron chi connectivity index (χ4n) is 2.78. The molecule has 0 aliphatic carbocycles. The molecule has 0 aromatic heterocycles. The highest BCUT2D eigenvalue weighted by atomic mass is 16.5. The van der Waals surface area contributed by atoms with Crippen LogP contribution in [0.3, 0.4) is 0 Å². The highest BCUT2D eigenvalue weighted by Gasteiger charge is 2.26. The number of aliphatic hydroxyl groups excluding tert-OH is 1. The standard InChI is InChI=1S/C21H27NO5/c1-14(2)27-18-11-16(10-17(12-18)25-3)20(21(24)26-4)22-19(13-23)15-8-6-5-7-9-15/h5-12,14,19-20,22-23H,13H2,1-4H3/t19-,20-/m0/s1. The quantitative estimate of drug-likeness (QED) is 0.658. The number of rotatable bonds is 9. The van der Waals surface area contributed by atoms with E-state index in [0.29, 0.717) is 17.1 Å². The van der Waals surface area contributed by atoms with Crippen molar-refractivity contribution in [1.82, 2.24) is 5.32 Å². The van der Waals surface area contributed by atoms with Crippen molar-refractivity contribution >= 4 is 5.97 Å². The molecule has 27 heavy (non-hydrogen) atoms. The molecule has 2 atom stereocenters. The zero-order valence-electron chi connectivity index (χ0n) is 16.1. The summed E-state index contributed by atoms with van der Waals surface area (Å²) in [4.78, 5) is 12.5. The molecule has 0 saturated carbocycles. The van der Waals surface area contributed by atoms with E-state index in [1.54, 1.807) is 25.3 Å². The summed E-state index contributed by atoms with van der Waals surface area (Å²) in [6, 6.07) is 13.5. The summed E-state index contributed by atoms with van der Waals surface area (Å²) in [6.07, 6.45) is -0.0241. The number of methoxy groups -OCH3 is 2. The van der Waals surface area contributed by atoms with Crippen LogP contribution in [0.4, 0.5) is 0 Å². The third-order valence-electron chi connectivity index (χ3n) is 4.03. The van der Waals surface area contributed by atoms with E-state index in [9.17, 15) is 9.90 Å². The van der Waals surface area contributed by atoms with Crippen LogP contribution in [0.15, 0.2) is 48.5 Å². The smallest absolute Gasteiger partial charge is 0.327 e. The molecular weight excluding hydrogens is 346 g/mol. The average Bonchev–Trinajstić information content (AvgIpc) is 2.68. The molecule has 0 spiro atoms. The van der Waals surface area contributed by atoms with Crippen LogP contribution in [0.25, 0.3) is 0 Å². The van der Waals surface area contributed by atoms with Gasteiger partial charge in [-0.15, -0.1) is 0 Å². The number of esters is 1. The first-order valence-corrected chi connectivity index (χ1v) is 8.83. The van der Waals surface area contributed by atoms with Crippen LogP contribution in [0, 0.1) is 0 Å². The second kappa shape index (κ2) is 9.94. The fraction of sp³-hybridized carbons (Fsp3) is 0.381. The third-order valence-corrected chi connectivity index (χ3v) is 4.03. The van der Waals surface area contributed by atoms with Crippen LogP contribution in [-0.2, 0) is 9.53 Å². The predicted octanol–water partition coefficient (Wildman–Crippen LogP) is 3.02. The van der Waals surface area contributed by atoms with Gasteiger partial charge >= 0.3 is 5.97 Å². The average molecular weight is 373 g/mol. The van der Waals surface area contributed by atoms with Gasteiger partial charge in [-0.05, 0) is 37.1 Å². The summed E-state index contributed by atoms with van der Waals surface area (Å²) in [6.45, 7) is 3.68. The number of hydrogen-bond acceptors (Lipinski definition) is 6. The SMILES string of the molecule is COC(=O)[C@@H](N[C@@H](CO)c1ccccc1)c1cc(OC)cc(OC(C)C)c1. The Morgan fingerprint density at radius 2 is 1.70 bits per heavy atom. The first-order valence-electron chi connectivity index (χ1n) is 8.83. The maximum Gasteiger partial charge on any atom is 0.327 e. The summed E-state index contributed by atoms with van der Waals surface area (Å²) in [5.41, 5.74) is 1.50. The van der Waals surface area contributed by atoms with Crippen LogP contribution in [0.2, 0.25) is 0 Å². The van der Waals surface area contributed by atoms with Gasteiger partial charge < -0.3 is 19.3 Å². The minimum Gasteiger partial charge on any atom is -0.497 e. The molecule has 0 fully saturated rings. The van der Waals surface area contributed by atoms with E-state index >= 15 is 0 Å². The van der Waals surface area contributed by atoms with Crippen LogP contribution in [0.5, 0.6) is 11.5 Å². The minimum atomic E-state index is -0.794. The molecule has 146 valence electrons. The Morgan fingerprint density at radius 3 is 2.26 bits per heavy atom. The molecule has 0 aliphatic heterocycles. The van der Waals surface area contributed by atoms with Gasteiger partial charge in [0.2, 0.25) is 0 Å². The number of nitrogens with one attached hydrogen (secondary N) is 1. The summed E-state index contributed by atoms with van der Waals surface area (Å²) in [7, 11) is 2.89. The molecule has 0 unspecified atom stereocenters. The number of aliphatic hydroxyl groups is 1. The number of ether oxygens (including phenoxy) is 3. The van der Waals surface area contributed by atoms with Crippen molar-refractivity contribution in [2.24, 2.45) is 0 Å². The molecular formula is C21H27NO5. The summed E-state index contributed by atoms with van der Waals surface area (Å²) in [5.74, 6) is 0.697. The zero-order chi connectivity index (χ0) is 19.8. The van der Waals surface area contributed by atoms with Gasteiger partial charge in [-0.1, -0.05) is 30.3 Å². The molecule has 0 radical (unpaired) electrons. The van der Waals surface area contributed by atoms with E-state index in [1.807, 2.05) is 44.2 Å². The van der Waals surface area contributed by atoms with Gasteiger partial charge in [0.15, 0.2) is 0 Å². The van der Waals surface area contributed by atoms with E-state index in [1.165, 1.54) is 7.11 Å². The Hall–Kier alpha value is -2.57. The number of carbonyl (C=O) groups excluding carboxylic acids is 1. The van der Waals surface area contributed by atoms with Crippen LogP contribution < -0.4 is 14.8 Å². The highest BCUT2D eigenvalue weighted by molar-refractivity contribution is 5.78. The summed E-state index contributed by atoms with van der Waals surface area (Å²) in [5, 5.41) is 13.0. The van der Waals surface area contributed by atoms with Crippen molar-refractivity contribution in [2.75, 3.05) is 20.8 Å². The maximum absolute atomic E-state index is 12.5. The Morgan fingerprint density at radius 1 is 1.04 bits per heavy atom. The molecule has 0 heterocycles. The Kier molecular flexibility index (Phi) is 7.64. The van der Waals surface area contributed by atoms with Gasteiger partial charge in [-0.2, -0.15) is 0 Å². The maximum atomic E-state index is 12.5. The van der Waals surface area contributed by atoms with Crippen LogP contribution >= 0.6 is 0 Å². The van der Waals surface area contributed by atoms with Crippen molar-refractivity contribution in [3.05, 3.63) is 59.7 Å². The Labute approximate surface area is 160 Å². The molecule has 0 aliphatic rings. The van der Waals surface area contributed by atoms with Crippen molar-refractivity contribution in [3.63, 3.8) is 0 Å².